The Morgan fingerprint density at radius 1 is 1.41 bits per heavy atom. The van der Waals surface area contributed by atoms with E-state index in [2.05, 4.69) is 13.8 Å². The van der Waals surface area contributed by atoms with Crippen LogP contribution >= 0.6 is 0 Å². The van der Waals surface area contributed by atoms with Gasteiger partial charge in [0.05, 0.1) is 18.8 Å². The zero-order chi connectivity index (χ0) is 12.7. The van der Waals surface area contributed by atoms with Crippen molar-refractivity contribution in [2.45, 2.75) is 83.0 Å². The number of aliphatic hydroxyl groups excluding tert-OH is 1. The van der Waals surface area contributed by atoms with Gasteiger partial charge in [-0.05, 0) is 32.6 Å². The predicted molar refractivity (Wildman–Crippen MR) is 70.9 cm³/mol. The van der Waals surface area contributed by atoms with Crippen molar-refractivity contribution < 1.29 is 9.84 Å². The van der Waals surface area contributed by atoms with E-state index in [1.807, 2.05) is 0 Å². The maximum atomic E-state index is 9.20. The lowest BCUT2D eigenvalue weighted by atomic mass is 10.0. The van der Waals surface area contributed by atoms with Crippen LogP contribution in [0, 0.1) is 0 Å². The maximum absolute atomic E-state index is 9.20. The number of rotatable bonds is 8. The summed E-state index contributed by atoms with van der Waals surface area (Å²) in [6, 6.07) is 0. The summed E-state index contributed by atoms with van der Waals surface area (Å²) in [6.07, 6.45) is 9.60. The standard InChI is InChI=1S/C14H29NO2/c1-3-4-5-6-7-12(2)17-13-8-9-14(15,10-13)11-16/h12-13,16H,3-11,15H2,1-2H3. The summed E-state index contributed by atoms with van der Waals surface area (Å²) in [5.41, 5.74) is 5.65. The predicted octanol–water partition coefficient (Wildman–Crippen LogP) is 2.60. The van der Waals surface area contributed by atoms with E-state index in [-0.39, 0.29) is 18.2 Å². The first kappa shape index (κ1) is 14.9. The number of unbranched alkanes of at least 4 members (excludes halogenated alkanes) is 3. The highest BCUT2D eigenvalue weighted by Crippen LogP contribution is 2.30. The van der Waals surface area contributed by atoms with E-state index in [4.69, 9.17) is 10.5 Å². The fraction of sp³-hybridized carbons (Fsp3) is 1.00. The minimum absolute atomic E-state index is 0.0811. The van der Waals surface area contributed by atoms with Crippen molar-refractivity contribution >= 4 is 0 Å². The quantitative estimate of drug-likeness (QED) is 0.644. The Labute approximate surface area is 106 Å². The van der Waals surface area contributed by atoms with Gasteiger partial charge in [-0.1, -0.05) is 32.6 Å². The summed E-state index contributed by atoms with van der Waals surface area (Å²) in [7, 11) is 0. The average Bonchev–Trinajstić information content (AvgIpc) is 2.67. The highest BCUT2D eigenvalue weighted by Gasteiger charge is 2.36. The summed E-state index contributed by atoms with van der Waals surface area (Å²) in [4.78, 5) is 0. The lowest BCUT2D eigenvalue weighted by Gasteiger charge is -2.22. The summed E-state index contributed by atoms with van der Waals surface area (Å²) in [6.45, 7) is 4.47. The van der Waals surface area contributed by atoms with Crippen LogP contribution in [0.5, 0.6) is 0 Å². The molecular weight excluding hydrogens is 214 g/mol. The second kappa shape index (κ2) is 7.34. The van der Waals surface area contributed by atoms with Gasteiger partial charge in [-0.2, -0.15) is 0 Å². The van der Waals surface area contributed by atoms with E-state index in [0.29, 0.717) is 6.10 Å². The molecule has 3 N–H and O–H groups in total. The zero-order valence-corrected chi connectivity index (χ0v) is 11.5. The van der Waals surface area contributed by atoms with Gasteiger partial charge in [0.2, 0.25) is 0 Å². The van der Waals surface area contributed by atoms with E-state index in [9.17, 15) is 5.11 Å². The topological polar surface area (TPSA) is 55.5 Å². The molecule has 1 fully saturated rings. The molecule has 0 saturated heterocycles. The van der Waals surface area contributed by atoms with Gasteiger partial charge in [0, 0.05) is 5.54 Å². The van der Waals surface area contributed by atoms with E-state index in [1.54, 1.807) is 0 Å². The summed E-state index contributed by atoms with van der Waals surface area (Å²) >= 11 is 0. The lowest BCUT2D eigenvalue weighted by molar-refractivity contribution is -0.00756. The molecule has 0 aromatic heterocycles. The molecule has 3 atom stereocenters. The van der Waals surface area contributed by atoms with E-state index in [0.717, 1.165) is 25.7 Å². The van der Waals surface area contributed by atoms with Crippen LogP contribution in [-0.4, -0.2) is 29.5 Å². The van der Waals surface area contributed by atoms with Crippen molar-refractivity contribution in [2.75, 3.05) is 6.61 Å². The summed E-state index contributed by atoms with van der Waals surface area (Å²) < 4.78 is 6.00. The van der Waals surface area contributed by atoms with Gasteiger partial charge in [0.1, 0.15) is 0 Å². The third-order valence-electron chi connectivity index (χ3n) is 3.80. The van der Waals surface area contributed by atoms with Crippen LogP contribution in [0.2, 0.25) is 0 Å². The zero-order valence-electron chi connectivity index (χ0n) is 11.5. The van der Waals surface area contributed by atoms with Gasteiger partial charge in [0.25, 0.3) is 0 Å². The van der Waals surface area contributed by atoms with Crippen molar-refractivity contribution in [3.8, 4) is 0 Å². The highest BCUT2D eigenvalue weighted by atomic mass is 16.5. The molecule has 102 valence electrons. The van der Waals surface area contributed by atoms with Crippen LogP contribution in [0.25, 0.3) is 0 Å². The van der Waals surface area contributed by atoms with E-state index >= 15 is 0 Å². The van der Waals surface area contributed by atoms with Gasteiger partial charge in [-0.25, -0.2) is 0 Å². The van der Waals surface area contributed by atoms with Gasteiger partial charge in [0.15, 0.2) is 0 Å². The van der Waals surface area contributed by atoms with Crippen LogP contribution < -0.4 is 5.73 Å². The van der Waals surface area contributed by atoms with Gasteiger partial charge in [-0.15, -0.1) is 0 Å². The van der Waals surface area contributed by atoms with Crippen molar-refractivity contribution in [3.05, 3.63) is 0 Å². The Bertz CT molecular complexity index is 210. The van der Waals surface area contributed by atoms with Gasteiger partial charge >= 0.3 is 0 Å². The Morgan fingerprint density at radius 3 is 2.76 bits per heavy atom. The number of hydrogen-bond acceptors (Lipinski definition) is 3. The number of ether oxygens (including phenoxy) is 1. The first-order valence-corrected chi connectivity index (χ1v) is 7.15. The molecule has 0 heterocycles. The third kappa shape index (κ3) is 5.36. The monoisotopic (exact) mass is 243 g/mol. The average molecular weight is 243 g/mol. The van der Waals surface area contributed by atoms with Crippen LogP contribution in [0.1, 0.15) is 65.2 Å². The van der Waals surface area contributed by atoms with Gasteiger partial charge in [-0.3, -0.25) is 0 Å². The van der Waals surface area contributed by atoms with Crippen molar-refractivity contribution in [2.24, 2.45) is 5.73 Å². The molecule has 17 heavy (non-hydrogen) atoms. The number of aliphatic hydroxyl groups is 1. The lowest BCUT2D eigenvalue weighted by Crippen LogP contribution is -2.41. The third-order valence-corrected chi connectivity index (χ3v) is 3.80. The second-order valence-electron chi connectivity index (χ2n) is 5.68. The molecule has 0 aromatic carbocycles. The van der Waals surface area contributed by atoms with Crippen LogP contribution in [0.4, 0.5) is 0 Å². The minimum Gasteiger partial charge on any atom is -0.394 e. The molecule has 0 radical (unpaired) electrons. The van der Waals surface area contributed by atoms with Crippen LogP contribution in [-0.2, 0) is 4.74 Å². The summed E-state index contributed by atoms with van der Waals surface area (Å²) in [5.74, 6) is 0. The second-order valence-corrected chi connectivity index (χ2v) is 5.68. The largest absolute Gasteiger partial charge is 0.394 e. The molecule has 0 bridgehead atoms. The molecule has 3 heteroatoms. The smallest absolute Gasteiger partial charge is 0.0612 e. The first-order chi connectivity index (χ1) is 8.09. The highest BCUT2D eigenvalue weighted by molar-refractivity contribution is 4.93. The number of hydrogen-bond donors (Lipinski definition) is 2. The Balaban J connectivity index is 2.13. The normalized spacial score (nSPS) is 30.7. The molecule has 0 aliphatic heterocycles. The fourth-order valence-corrected chi connectivity index (χ4v) is 2.62. The Morgan fingerprint density at radius 2 is 2.18 bits per heavy atom. The van der Waals surface area contributed by atoms with Crippen molar-refractivity contribution in [3.63, 3.8) is 0 Å². The maximum Gasteiger partial charge on any atom is 0.0612 e. The molecule has 1 rings (SSSR count). The summed E-state index contributed by atoms with van der Waals surface area (Å²) in [5, 5.41) is 9.20. The molecule has 3 nitrogen and oxygen atoms in total. The van der Waals surface area contributed by atoms with Crippen molar-refractivity contribution in [1.82, 2.24) is 0 Å². The molecular formula is C14H29NO2. The molecule has 0 spiro atoms. The minimum atomic E-state index is -0.382. The van der Waals surface area contributed by atoms with E-state index in [1.165, 1.54) is 25.7 Å². The first-order valence-electron chi connectivity index (χ1n) is 7.15. The van der Waals surface area contributed by atoms with E-state index < -0.39 is 0 Å². The number of nitrogens with two attached hydrogens (primary N) is 1. The van der Waals surface area contributed by atoms with Gasteiger partial charge < -0.3 is 15.6 Å². The van der Waals surface area contributed by atoms with Crippen molar-refractivity contribution in [1.29, 1.82) is 0 Å². The Kier molecular flexibility index (Phi) is 6.45. The molecule has 0 aromatic rings. The molecule has 3 unspecified atom stereocenters. The molecule has 0 amide bonds. The fourth-order valence-electron chi connectivity index (χ4n) is 2.62. The van der Waals surface area contributed by atoms with Crippen LogP contribution in [0.15, 0.2) is 0 Å². The SMILES string of the molecule is CCCCCCC(C)OC1CCC(N)(CO)C1. The molecule has 1 aliphatic rings. The Hall–Kier alpha value is -0.120. The molecule has 1 saturated carbocycles. The van der Waals surface area contributed by atoms with Crippen LogP contribution in [0.3, 0.4) is 0 Å². The molecule has 1 aliphatic carbocycles.